The summed E-state index contributed by atoms with van der Waals surface area (Å²) in [5.41, 5.74) is 4.37. The van der Waals surface area contributed by atoms with Crippen molar-refractivity contribution in [2.75, 3.05) is 13.1 Å². The van der Waals surface area contributed by atoms with Gasteiger partial charge in [-0.25, -0.2) is 0 Å². The van der Waals surface area contributed by atoms with Gasteiger partial charge < -0.3 is 5.11 Å². The molecule has 1 saturated heterocycles. The first-order valence-corrected chi connectivity index (χ1v) is 8.17. The fourth-order valence-corrected chi connectivity index (χ4v) is 3.91. The van der Waals surface area contributed by atoms with E-state index in [-0.39, 0.29) is 5.92 Å². The monoisotopic (exact) mass is 287 g/mol. The normalized spacial score (nSPS) is 26.3. The SMILES string of the molecule is CC1CC(C(=O)O)CN(Cc2ccc3c(c2)CCCC3)C1. The van der Waals surface area contributed by atoms with Gasteiger partial charge >= 0.3 is 5.97 Å². The van der Waals surface area contributed by atoms with Crippen LogP contribution in [-0.2, 0) is 24.2 Å². The van der Waals surface area contributed by atoms with Gasteiger partial charge in [0, 0.05) is 19.6 Å². The summed E-state index contributed by atoms with van der Waals surface area (Å²) in [6.07, 6.45) is 5.86. The number of fused-ring (bicyclic) bond motifs is 1. The molecule has 114 valence electrons. The number of aryl methyl sites for hydroxylation is 2. The smallest absolute Gasteiger partial charge is 0.307 e. The standard InChI is InChI=1S/C18H25NO2/c1-13-8-17(18(20)21)12-19(10-13)11-14-6-7-15-4-2-3-5-16(15)9-14/h6-7,9,13,17H,2-5,8,10-12H2,1H3,(H,20,21). The summed E-state index contributed by atoms with van der Waals surface area (Å²) in [5, 5.41) is 9.27. The van der Waals surface area contributed by atoms with Gasteiger partial charge in [-0.3, -0.25) is 9.69 Å². The van der Waals surface area contributed by atoms with Crippen LogP contribution in [0, 0.1) is 11.8 Å². The maximum atomic E-state index is 11.3. The first kappa shape index (κ1) is 14.6. The van der Waals surface area contributed by atoms with Crippen LogP contribution in [0.5, 0.6) is 0 Å². The molecule has 0 spiro atoms. The Morgan fingerprint density at radius 2 is 2.00 bits per heavy atom. The first-order chi connectivity index (χ1) is 10.1. The number of nitrogens with zero attached hydrogens (tertiary/aromatic N) is 1. The maximum Gasteiger partial charge on any atom is 0.307 e. The number of hydrogen-bond donors (Lipinski definition) is 1. The van der Waals surface area contributed by atoms with Gasteiger partial charge in [0.05, 0.1) is 5.92 Å². The molecule has 2 unspecified atom stereocenters. The molecule has 1 aliphatic heterocycles. The Bertz CT molecular complexity index is 526. The highest BCUT2D eigenvalue weighted by atomic mass is 16.4. The Balaban J connectivity index is 1.69. The number of carboxylic acid groups (broad SMARTS) is 1. The zero-order valence-electron chi connectivity index (χ0n) is 12.8. The summed E-state index contributed by atoms with van der Waals surface area (Å²) in [6, 6.07) is 6.87. The van der Waals surface area contributed by atoms with Gasteiger partial charge in [0.2, 0.25) is 0 Å². The fraction of sp³-hybridized carbons (Fsp3) is 0.611. The number of rotatable bonds is 3. The van der Waals surface area contributed by atoms with Crippen LogP contribution < -0.4 is 0 Å². The lowest BCUT2D eigenvalue weighted by Gasteiger charge is -2.34. The lowest BCUT2D eigenvalue weighted by molar-refractivity contribution is -0.144. The second kappa shape index (κ2) is 6.18. The van der Waals surface area contributed by atoms with Crippen molar-refractivity contribution >= 4 is 5.97 Å². The van der Waals surface area contributed by atoms with Gasteiger partial charge in [-0.15, -0.1) is 0 Å². The third kappa shape index (κ3) is 3.46. The minimum atomic E-state index is -0.642. The molecule has 1 heterocycles. The number of benzene rings is 1. The van der Waals surface area contributed by atoms with E-state index >= 15 is 0 Å². The molecular formula is C18H25NO2. The lowest BCUT2D eigenvalue weighted by atomic mass is 9.89. The number of likely N-dealkylation sites (tertiary alicyclic amines) is 1. The molecule has 0 radical (unpaired) electrons. The maximum absolute atomic E-state index is 11.3. The van der Waals surface area contributed by atoms with Crippen molar-refractivity contribution in [2.24, 2.45) is 11.8 Å². The molecule has 0 aromatic heterocycles. The van der Waals surface area contributed by atoms with Gasteiger partial charge in [0.25, 0.3) is 0 Å². The van der Waals surface area contributed by atoms with Crippen molar-refractivity contribution in [1.29, 1.82) is 0 Å². The van der Waals surface area contributed by atoms with Crippen LogP contribution in [0.25, 0.3) is 0 Å². The Labute approximate surface area is 127 Å². The van der Waals surface area contributed by atoms with Crippen LogP contribution in [0.3, 0.4) is 0 Å². The van der Waals surface area contributed by atoms with E-state index in [1.54, 1.807) is 0 Å². The van der Waals surface area contributed by atoms with Crippen molar-refractivity contribution in [1.82, 2.24) is 4.90 Å². The Hall–Kier alpha value is -1.35. The highest BCUT2D eigenvalue weighted by molar-refractivity contribution is 5.70. The van der Waals surface area contributed by atoms with E-state index in [4.69, 9.17) is 0 Å². The predicted octanol–water partition coefficient (Wildman–Crippen LogP) is 3.11. The van der Waals surface area contributed by atoms with E-state index in [1.807, 2.05) is 0 Å². The number of piperidine rings is 1. The van der Waals surface area contributed by atoms with Crippen LogP contribution in [0.15, 0.2) is 18.2 Å². The van der Waals surface area contributed by atoms with E-state index < -0.39 is 5.97 Å². The van der Waals surface area contributed by atoms with Crippen molar-refractivity contribution in [3.05, 3.63) is 34.9 Å². The van der Waals surface area contributed by atoms with E-state index in [9.17, 15) is 9.90 Å². The number of aliphatic carboxylic acids is 1. The molecule has 0 saturated carbocycles. The average molecular weight is 287 g/mol. The second-order valence-electron chi connectivity index (χ2n) is 6.88. The van der Waals surface area contributed by atoms with Gasteiger partial charge in [-0.2, -0.15) is 0 Å². The van der Waals surface area contributed by atoms with Crippen LogP contribution >= 0.6 is 0 Å². The average Bonchev–Trinajstić information content (AvgIpc) is 2.46. The molecule has 3 rings (SSSR count). The zero-order valence-corrected chi connectivity index (χ0v) is 12.8. The Morgan fingerprint density at radius 3 is 2.76 bits per heavy atom. The molecule has 21 heavy (non-hydrogen) atoms. The Morgan fingerprint density at radius 1 is 1.24 bits per heavy atom. The molecule has 1 aromatic rings. The number of carbonyl (C=O) groups is 1. The molecule has 1 aliphatic carbocycles. The summed E-state index contributed by atoms with van der Waals surface area (Å²) in [6.45, 7) is 4.76. The predicted molar refractivity (Wildman–Crippen MR) is 83.3 cm³/mol. The number of hydrogen-bond acceptors (Lipinski definition) is 2. The Kier molecular flexibility index (Phi) is 4.29. The van der Waals surface area contributed by atoms with Crippen molar-refractivity contribution < 1.29 is 9.90 Å². The second-order valence-corrected chi connectivity index (χ2v) is 6.88. The third-order valence-corrected chi connectivity index (χ3v) is 4.90. The highest BCUT2D eigenvalue weighted by Gasteiger charge is 2.29. The zero-order chi connectivity index (χ0) is 14.8. The van der Waals surface area contributed by atoms with Crippen molar-refractivity contribution in [3.8, 4) is 0 Å². The molecule has 0 amide bonds. The molecule has 3 nitrogen and oxygen atoms in total. The van der Waals surface area contributed by atoms with Crippen molar-refractivity contribution in [2.45, 2.75) is 45.6 Å². The largest absolute Gasteiger partial charge is 0.481 e. The van der Waals surface area contributed by atoms with E-state index in [0.29, 0.717) is 12.5 Å². The van der Waals surface area contributed by atoms with Gasteiger partial charge in [-0.05, 0) is 54.7 Å². The summed E-state index contributed by atoms with van der Waals surface area (Å²) >= 11 is 0. The lowest BCUT2D eigenvalue weighted by Crippen LogP contribution is -2.41. The minimum Gasteiger partial charge on any atom is -0.481 e. The van der Waals surface area contributed by atoms with Gasteiger partial charge in [-0.1, -0.05) is 25.1 Å². The van der Waals surface area contributed by atoms with Crippen LogP contribution in [0.4, 0.5) is 0 Å². The minimum absolute atomic E-state index is 0.202. The van der Waals surface area contributed by atoms with Crippen molar-refractivity contribution in [3.63, 3.8) is 0 Å². The van der Waals surface area contributed by atoms with Crippen LogP contribution in [-0.4, -0.2) is 29.1 Å². The topological polar surface area (TPSA) is 40.5 Å². The van der Waals surface area contributed by atoms with Crippen LogP contribution in [0.1, 0.15) is 42.9 Å². The van der Waals surface area contributed by atoms with E-state index in [0.717, 1.165) is 19.5 Å². The molecule has 1 fully saturated rings. The molecule has 2 atom stereocenters. The third-order valence-electron chi connectivity index (χ3n) is 4.90. The van der Waals surface area contributed by atoms with E-state index in [1.165, 1.54) is 42.4 Å². The quantitative estimate of drug-likeness (QED) is 0.928. The summed E-state index contributed by atoms with van der Waals surface area (Å²) < 4.78 is 0. The highest BCUT2D eigenvalue weighted by Crippen LogP contribution is 2.26. The number of carboxylic acids is 1. The van der Waals surface area contributed by atoms with Gasteiger partial charge in [0.1, 0.15) is 0 Å². The summed E-state index contributed by atoms with van der Waals surface area (Å²) in [4.78, 5) is 13.6. The molecule has 3 heteroatoms. The summed E-state index contributed by atoms with van der Waals surface area (Å²) in [7, 11) is 0. The van der Waals surface area contributed by atoms with Gasteiger partial charge in [0.15, 0.2) is 0 Å². The fourth-order valence-electron chi connectivity index (χ4n) is 3.91. The molecule has 1 aromatic carbocycles. The van der Waals surface area contributed by atoms with Crippen LogP contribution in [0.2, 0.25) is 0 Å². The van der Waals surface area contributed by atoms with E-state index in [2.05, 4.69) is 30.0 Å². The first-order valence-electron chi connectivity index (χ1n) is 8.17. The molecule has 0 bridgehead atoms. The summed E-state index contributed by atoms with van der Waals surface area (Å²) in [5.74, 6) is -0.374. The molecule has 1 N–H and O–H groups in total. The molecule has 2 aliphatic rings. The molecular weight excluding hydrogens is 262 g/mol.